The van der Waals surface area contributed by atoms with E-state index in [0.29, 0.717) is 26.2 Å². The summed E-state index contributed by atoms with van der Waals surface area (Å²) in [6, 6.07) is 2.93. The number of rotatable bonds is 4. The summed E-state index contributed by atoms with van der Waals surface area (Å²) in [4.78, 5) is 4.03. The lowest BCUT2D eigenvalue weighted by Crippen LogP contribution is -2.48. The van der Waals surface area contributed by atoms with Gasteiger partial charge in [0.05, 0.1) is 13.2 Å². The molecule has 1 aromatic heterocycles. The highest BCUT2D eigenvalue weighted by Gasteiger charge is 2.34. The van der Waals surface area contributed by atoms with E-state index >= 15 is 0 Å². The minimum absolute atomic E-state index is 0.0952. The Balaban J connectivity index is 2.40. The normalized spacial score (nSPS) is 21.3. The number of pyridine rings is 1. The van der Waals surface area contributed by atoms with E-state index in [1.165, 1.54) is 16.6 Å². The molecule has 1 atom stereocenters. The van der Waals surface area contributed by atoms with Gasteiger partial charge in [0.2, 0.25) is 10.0 Å². The molecule has 7 nitrogen and oxygen atoms in total. The van der Waals surface area contributed by atoms with Crippen LogP contribution in [-0.4, -0.2) is 43.5 Å². The summed E-state index contributed by atoms with van der Waals surface area (Å²) >= 11 is 0. The van der Waals surface area contributed by atoms with Crippen LogP contribution in [0.4, 0.5) is 5.82 Å². The van der Waals surface area contributed by atoms with Gasteiger partial charge in [-0.05, 0) is 18.6 Å². The third kappa shape index (κ3) is 2.71. The number of aromatic nitrogens is 1. The number of hydrazine groups is 1. The molecule has 0 bridgehead atoms. The number of ether oxygens (including phenoxy) is 1. The topological polar surface area (TPSA) is 97.5 Å². The van der Waals surface area contributed by atoms with E-state index in [0.717, 1.165) is 0 Å². The lowest BCUT2D eigenvalue weighted by molar-refractivity contribution is 0.0314. The van der Waals surface area contributed by atoms with E-state index < -0.39 is 10.0 Å². The largest absolute Gasteiger partial charge is 0.378 e. The number of morpholine rings is 1. The minimum Gasteiger partial charge on any atom is -0.378 e. The number of hydrogen-bond acceptors (Lipinski definition) is 6. The van der Waals surface area contributed by atoms with Gasteiger partial charge in [0.25, 0.3) is 0 Å². The lowest BCUT2D eigenvalue weighted by Gasteiger charge is -2.34. The molecule has 0 spiro atoms. The SMILES string of the molecule is CCC1COCCN1S(=O)(=O)c1cccnc1NN. The standard InChI is InChI=1S/C11H18N4O3S/c1-2-9-8-18-7-6-15(9)19(16,17)10-4-3-5-13-11(10)14-12/h3-5,9H,2,6-8,12H2,1H3,(H,13,14). The van der Waals surface area contributed by atoms with E-state index in [4.69, 9.17) is 10.6 Å². The van der Waals surface area contributed by atoms with E-state index in [9.17, 15) is 8.42 Å². The van der Waals surface area contributed by atoms with Crippen LogP contribution in [0.3, 0.4) is 0 Å². The Kier molecular flexibility index (Phi) is 4.35. The van der Waals surface area contributed by atoms with Gasteiger partial charge in [-0.1, -0.05) is 6.92 Å². The summed E-state index contributed by atoms with van der Waals surface area (Å²) in [6.07, 6.45) is 2.19. The molecular weight excluding hydrogens is 268 g/mol. The van der Waals surface area contributed by atoms with Crippen molar-refractivity contribution in [1.29, 1.82) is 0 Å². The average molecular weight is 286 g/mol. The van der Waals surface area contributed by atoms with Gasteiger partial charge in [-0.25, -0.2) is 19.2 Å². The number of nitrogen functional groups attached to an aromatic ring is 1. The average Bonchev–Trinajstić information content (AvgIpc) is 2.47. The summed E-state index contributed by atoms with van der Waals surface area (Å²) in [7, 11) is -3.62. The third-order valence-electron chi connectivity index (χ3n) is 3.14. The Hall–Kier alpha value is -1.22. The summed E-state index contributed by atoms with van der Waals surface area (Å²) < 4.78 is 32.1. The van der Waals surface area contributed by atoms with Crippen molar-refractivity contribution in [3.63, 3.8) is 0 Å². The maximum atomic E-state index is 12.7. The number of nitrogens with two attached hydrogens (primary N) is 1. The number of nitrogens with zero attached hydrogens (tertiary/aromatic N) is 2. The number of sulfonamides is 1. The first-order valence-electron chi connectivity index (χ1n) is 6.12. The van der Waals surface area contributed by atoms with Gasteiger partial charge < -0.3 is 10.2 Å². The van der Waals surface area contributed by atoms with Gasteiger partial charge in [-0.15, -0.1) is 0 Å². The zero-order valence-electron chi connectivity index (χ0n) is 10.7. The number of nitrogens with one attached hydrogen (secondary N) is 1. The molecule has 0 radical (unpaired) electrons. The zero-order chi connectivity index (χ0) is 13.9. The summed E-state index contributed by atoms with van der Waals surface area (Å²) in [5, 5.41) is 0. The van der Waals surface area contributed by atoms with Crippen LogP contribution in [0.15, 0.2) is 23.2 Å². The molecule has 0 saturated carbocycles. The predicted molar refractivity (Wildman–Crippen MR) is 70.8 cm³/mol. The second-order valence-electron chi connectivity index (χ2n) is 4.25. The minimum atomic E-state index is -3.62. The highest BCUT2D eigenvalue weighted by molar-refractivity contribution is 7.89. The summed E-state index contributed by atoms with van der Waals surface area (Å²) in [6.45, 7) is 3.11. The molecule has 1 fully saturated rings. The van der Waals surface area contributed by atoms with E-state index in [2.05, 4.69) is 10.4 Å². The Morgan fingerprint density at radius 3 is 3.11 bits per heavy atom. The molecule has 106 valence electrons. The van der Waals surface area contributed by atoms with Gasteiger partial charge in [0.15, 0.2) is 5.82 Å². The molecule has 2 rings (SSSR count). The Labute approximate surface area is 112 Å². The number of hydrogen-bond donors (Lipinski definition) is 2. The molecule has 2 heterocycles. The molecular formula is C11H18N4O3S. The molecule has 19 heavy (non-hydrogen) atoms. The molecule has 1 aliphatic rings. The first-order chi connectivity index (χ1) is 9.11. The fourth-order valence-corrected chi connectivity index (χ4v) is 3.89. The first kappa shape index (κ1) is 14.2. The smallest absolute Gasteiger partial charge is 0.247 e. The van der Waals surface area contributed by atoms with Gasteiger partial charge >= 0.3 is 0 Å². The molecule has 0 aliphatic carbocycles. The predicted octanol–water partition coefficient (Wildman–Crippen LogP) is 0.167. The molecule has 1 aliphatic heterocycles. The maximum absolute atomic E-state index is 12.7. The van der Waals surface area contributed by atoms with Crippen molar-refractivity contribution < 1.29 is 13.2 Å². The van der Waals surface area contributed by atoms with Crippen molar-refractivity contribution in [2.24, 2.45) is 5.84 Å². The zero-order valence-corrected chi connectivity index (χ0v) is 11.6. The summed E-state index contributed by atoms with van der Waals surface area (Å²) in [5.41, 5.74) is 2.33. The molecule has 1 aromatic rings. The molecule has 1 saturated heterocycles. The summed E-state index contributed by atoms with van der Waals surface area (Å²) in [5.74, 6) is 5.48. The Morgan fingerprint density at radius 2 is 2.42 bits per heavy atom. The van der Waals surface area contributed by atoms with Gasteiger partial charge in [-0.3, -0.25) is 0 Å². The van der Waals surface area contributed by atoms with Crippen LogP contribution in [0.5, 0.6) is 0 Å². The Bertz CT molecular complexity index is 534. The fraction of sp³-hybridized carbons (Fsp3) is 0.545. The van der Waals surface area contributed by atoms with Crippen molar-refractivity contribution in [2.75, 3.05) is 25.2 Å². The van der Waals surface area contributed by atoms with Crippen molar-refractivity contribution in [1.82, 2.24) is 9.29 Å². The highest BCUT2D eigenvalue weighted by atomic mass is 32.2. The number of anilines is 1. The Morgan fingerprint density at radius 1 is 1.63 bits per heavy atom. The van der Waals surface area contributed by atoms with Crippen molar-refractivity contribution >= 4 is 15.8 Å². The fourth-order valence-electron chi connectivity index (χ4n) is 2.11. The van der Waals surface area contributed by atoms with Gasteiger partial charge in [0.1, 0.15) is 4.90 Å². The quantitative estimate of drug-likeness (QED) is 0.605. The van der Waals surface area contributed by atoms with Crippen LogP contribution in [-0.2, 0) is 14.8 Å². The van der Waals surface area contributed by atoms with Gasteiger partial charge in [-0.2, -0.15) is 4.31 Å². The molecule has 3 N–H and O–H groups in total. The van der Waals surface area contributed by atoms with Crippen LogP contribution >= 0.6 is 0 Å². The van der Waals surface area contributed by atoms with Crippen molar-refractivity contribution in [3.05, 3.63) is 18.3 Å². The van der Waals surface area contributed by atoms with Crippen LogP contribution < -0.4 is 11.3 Å². The van der Waals surface area contributed by atoms with Crippen LogP contribution in [0.2, 0.25) is 0 Å². The van der Waals surface area contributed by atoms with E-state index in [-0.39, 0.29) is 16.8 Å². The van der Waals surface area contributed by atoms with E-state index in [1.807, 2.05) is 6.92 Å². The van der Waals surface area contributed by atoms with E-state index in [1.54, 1.807) is 6.07 Å². The van der Waals surface area contributed by atoms with Crippen molar-refractivity contribution in [2.45, 2.75) is 24.3 Å². The van der Waals surface area contributed by atoms with Gasteiger partial charge in [0, 0.05) is 18.8 Å². The molecule has 8 heteroatoms. The third-order valence-corrected chi connectivity index (χ3v) is 5.12. The second-order valence-corrected chi connectivity index (χ2v) is 6.11. The molecule has 0 aromatic carbocycles. The molecule has 1 unspecified atom stereocenters. The van der Waals surface area contributed by atoms with Crippen LogP contribution in [0.25, 0.3) is 0 Å². The highest BCUT2D eigenvalue weighted by Crippen LogP contribution is 2.25. The monoisotopic (exact) mass is 286 g/mol. The first-order valence-corrected chi connectivity index (χ1v) is 7.56. The maximum Gasteiger partial charge on any atom is 0.247 e. The van der Waals surface area contributed by atoms with Crippen LogP contribution in [0.1, 0.15) is 13.3 Å². The lowest BCUT2D eigenvalue weighted by atomic mass is 10.2. The second kappa shape index (κ2) is 5.83. The van der Waals surface area contributed by atoms with Crippen LogP contribution in [0, 0.1) is 0 Å². The van der Waals surface area contributed by atoms with Crippen molar-refractivity contribution in [3.8, 4) is 0 Å². The molecule has 0 amide bonds.